The molecule has 1 saturated carbocycles. The van der Waals surface area contributed by atoms with E-state index in [4.69, 9.17) is 4.74 Å². The van der Waals surface area contributed by atoms with E-state index in [9.17, 15) is 13.6 Å². The fourth-order valence-electron chi connectivity index (χ4n) is 4.81. The molecule has 0 aliphatic heterocycles. The first kappa shape index (κ1) is 23.2. The number of esters is 1. The van der Waals surface area contributed by atoms with Crippen LogP contribution in [0.25, 0.3) is 11.1 Å². The van der Waals surface area contributed by atoms with Gasteiger partial charge < -0.3 is 4.74 Å². The van der Waals surface area contributed by atoms with Crippen LogP contribution < -0.4 is 4.74 Å². The van der Waals surface area contributed by atoms with Gasteiger partial charge in [0.2, 0.25) is 5.82 Å². The van der Waals surface area contributed by atoms with Crippen molar-refractivity contribution in [2.75, 3.05) is 0 Å². The van der Waals surface area contributed by atoms with Gasteiger partial charge in [-0.15, -0.1) is 0 Å². The Hall–Kier alpha value is -3.01. The van der Waals surface area contributed by atoms with Crippen LogP contribution in [0.15, 0.2) is 60.7 Å². The highest BCUT2D eigenvalue weighted by molar-refractivity contribution is 5.91. The zero-order chi connectivity index (χ0) is 23.4. The van der Waals surface area contributed by atoms with E-state index in [1.807, 2.05) is 43.3 Å². The van der Waals surface area contributed by atoms with E-state index < -0.39 is 17.6 Å². The molecule has 0 heterocycles. The van der Waals surface area contributed by atoms with Crippen molar-refractivity contribution in [3.8, 4) is 16.9 Å². The third kappa shape index (κ3) is 5.32. The zero-order valence-corrected chi connectivity index (χ0v) is 19.2. The van der Waals surface area contributed by atoms with E-state index in [-0.39, 0.29) is 17.2 Å². The molecule has 1 aliphatic rings. The SMILES string of the molecule is CCCC1CCC(c2ccc(OC(=O)c3ccc(-c4ccc(C)cc4)cc3)c(F)c2F)CC1. The quantitative estimate of drug-likeness (QED) is 0.280. The van der Waals surface area contributed by atoms with Gasteiger partial charge in [-0.3, -0.25) is 0 Å². The number of aryl methyl sites for hydroxylation is 1. The predicted octanol–water partition coefficient (Wildman–Crippen LogP) is 8.23. The van der Waals surface area contributed by atoms with E-state index in [2.05, 4.69) is 6.92 Å². The van der Waals surface area contributed by atoms with E-state index in [1.54, 1.807) is 18.2 Å². The van der Waals surface area contributed by atoms with Crippen molar-refractivity contribution < 1.29 is 18.3 Å². The molecular weight excluding hydrogens is 418 g/mol. The van der Waals surface area contributed by atoms with Gasteiger partial charge >= 0.3 is 5.97 Å². The second kappa shape index (κ2) is 10.3. The Kier molecular flexibility index (Phi) is 7.22. The summed E-state index contributed by atoms with van der Waals surface area (Å²) in [5.41, 5.74) is 3.84. The lowest BCUT2D eigenvalue weighted by Gasteiger charge is -2.29. The minimum Gasteiger partial charge on any atom is -0.420 e. The van der Waals surface area contributed by atoms with Crippen LogP contribution in [-0.2, 0) is 0 Å². The molecule has 2 nitrogen and oxygen atoms in total. The van der Waals surface area contributed by atoms with E-state index in [0.717, 1.165) is 43.2 Å². The van der Waals surface area contributed by atoms with Gasteiger partial charge in [0.15, 0.2) is 11.6 Å². The summed E-state index contributed by atoms with van der Waals surface area (Å²) in [5, 5.41) is 0. The molecule has 1 fully saturated rings. The minimum absolute atomic E-state index is 0.0201. The van der Waals surface area contributed by atoms with Crippen molar-refractivity contribution in [3.05, 3.63) is 89.0 Å². The summed E-state index contributed by atoms with van der Waals surface area (Å²) in [4.78, 5) is 12.5. The highest BCUT2D eigenvalue weighted by Gasteiger charge is 2.27. The minimum atomic E-state index is -1.09. The number of carbonyl (C=O) groups is 1. The number of hydrogen-bond acceptors (Lipinski definition) is 2. The normalized spacial score (nSPS) is 18.2. The van der Waals surface area contributed by atoms with Crippen molar-refractivity contribution in [1.82, 2.24) is 0 Å². The van der Waals surface area contributed by atoms with E-state index >= 15 is 0 Å². The van der Waals surface area contributed by atoms with Crippen molar-refractivity contribution >= 4 is 5.97 Å². The number of benzene rings is 3. The Morgan fingerprint density at radius 3 is 2.06 bits per heavy atom. The molecule has 4 heteroatoms. The Balaban J connectivity index is 1.44. The van der Waals surface area contributed by atoms with Crippen LogP contribution >= 0.6 is 0 Å². The molecule has 4 rings (SSSR count). The first-order valence-electron chi connectivity index (χ1n) is 11.8. The lowest BCUT2D eigenvalue weighted by atomic mass is 9.77. The first-order valence-corrected chi connectivity index (χ1v) is 11.8. The lowest BCUT2D eigenvalue weighted by molar-refractivity contribution is 0.0726. The van der Waals surface area contributed by atoms with Crippen LogP contribution in [0, 0.1) is 24.5 Å². The van der Waals surface area contributed by atoms with Gasteiger partial charge in [-0.05, 0) is 79.3 Å². The Morgan fingerprint density at radius 1 is 0.848 bits per heavy atom. The molecule has 172 valence electrons. The summed E-state index contributed by atoms with van der Waals surface area (Å²) in [7, 11) is 0. The summed E-state index contributed by atoms with van der Waals surface area (Å²) < 4.78 is 34.8. The molecule has 0 amide bonds. The number of halogens is 2. The maximum absolute atomic E-state index is 14.8. The van der Waals surface area contributed by atoms with Crippen molar-refractivity contribution in [2.24, 2.45) is 5.92 Å². The first-order chi connectivity index (χ1) is 16.0. The summed E-state index contributed by atoms with van der Waals surface area (Å²) in [5.74, 6) is -2.36. The average molecular weight is 449 g/mol. The van der Waals surface area contributed by atoms with Gasteiger partial charge in [-0.1, -0.05) is 67.8 Å². The third-order valence-corrected chi connectivity index (χ3v) is 6.77. The van der Waals surface area contributed by atoms with Crippen LogP contribution in [0.1, 0.15) is 72.9 Å². The smallest absolute Gasteiger partial charge is 0.343 e. The van der Waals surface area contributed by atoms with Gasteiger partial charge in [0.05, 0.1) is 5.56 Å². The number of carbonyl (C=O) groups excluding carboxylic acids is 1. The van der Waals surface area contributed by atoms with Gasteiger partial charge in [-0.25, -0.2) is 9.18 Å². The molecule has 0 N–H and O–H groups in total. The number of hydrogen-bond donors (Lipinski definition) is 0. The van der Waals surface area contributed by atoms with E-state index in [0.29, 0.717) is 11.5 Å². The molecule has 3 aromatic carbocycles. The van der Waals surface area contributed by atoms with Crippen LogP contribution in [0.2, 0.25) is 0 Å². The molecule has 0 bridgehead atoms. The monoisotopic (exact) mass is 448 g/mol. The van der Waals surface area contributed by atoms with Crippen molar-refractivity contribution in [3.63, 3.8) is 0 Å². The van der Waals surface area contributed by atoms with Crippen LogP contribution in [0.5, 0.6) is 5.75 Å². The van der Waals surface area contributed by atoms with Crippen LogP contribution in [0.3, 0.4) is 0 Å². The van der Waals surface area contributed by atoms with Crippen molar-refractivity contribution in [1.29, 1.82) is 0 Å². The molecule has 0 saturated heterocycles. The summed E-state index contributed by atoms with van der Waals surface area (Å²) in [6.07, 6.45) is 6.20. The largest absolute Gasteiger partial charge is 0.420 e. The Bertz CT molecular complexity index is 1100. The standard InChI is InChI=1S/C29H30F2O2/c1-3-4-20-7-11-23(12-8-20)25-17-18-26(28(31)27(25)30)33-29(32)24-15-13-22(14-16-24)21-9-5-19(2)6-10-21/h5-6,9-10,13-18,20,23H,3-4,7-8,11-12H2,1-2H3. The summed E-state index contributed by atoms with van der Waals surface area (Å²) in [6.45, 7) is 4.20. The molecule has 0 spiro atoms. The second-order valence-corrected chi connectivity index (χ2v) is 9.12. The van der Waals surface area contributed by atoms with Crippen LogP contribution in [0.4, 0.5) is 8.78 Å². The Morgan fingerprint density at radius 2 is 1.45 bits per heavy atom. The third-order valence-electron chi connectivity index (χ3n) is 6.77. The lowest BCUT2D eigenvalue weighted by Crippen LogP contribution is -2.15. The molecule has 0 aromatic heterocycles. The maximum atomic E-state index is 14.8. The van der Waals surface area contributed by atoms with Gasteiger partial charge in [0.1, 0.15) is 0 Å². The highest BCUT2D eigenvalue weighted by atomic mass is 19.2. The average Bonchev–Trinajstić information content (AvgIpc) is 2.84. The molecule has 0 unspecified atom stereocenters. The van der Waals surface area contributed by atoms with Crippen LogP contribution in [-0.4, -0.2) is 5.97 Å². The highest BCUT2D eigenvalue weighted by Crippen LogP contribution is 2.40. The number of rotatable bonds is 6. The predicted molar refractivity (Wildman–Crippen MR) is 128 cm³/mol. The molecule has 0 atom stereocenters. The molecule has 33 heavy (non-hydrogen) atoms. The topological polar surface area (TPSA) is 26.3 Å². The molecule has 0 radical (unpaired) electrons. The molecular formula is C29H30F2O2. The zero-order valence-electron chi connectivity index (χ0n) is 19.2. The molecule has 3 aromatic rings. The fraction of sp³-hybridized carbons (Fsp3) is 0.345. The van der Waals surface area contributed by atoms with Gasteiger partial charge in [0, 0.05) is 0 Å². The summed E-state index contributed by atoms with van der Waals surface area (Å²) in [6, 6.07) is 17.9. The second-order valence-electron chi connectivity index (χ2n) is 9.12. The summed E-state index contributed by atoms with van der Waals surface area (Å²) >= 11 is 0. The molecule has 1 aliphatic carbocycles. The van der Waals surface area contributed by atoms with Gasteiger partial charge in [-0.2, -0.15) is 4.39 Å². The van der Waals surface area contributed by atoms with E-state index in [1.165, 1.54) is 18.1 Å². The maximum Gasteiger partial charge on any atom is 0.343 e. The fourth-order valence-corrected chi connectivity index (χ4v) is 4.81. The van der Waals surface area contributed by atoms with Crippen molar-refractivity contribution in [2.45, 2.75) is 58.3 Å². The Labute approximate surface area is 194 Å². The van der Waals surface area contributed by atoms with Gasteiger partial charge in [0.25, 0.3) is 0 Å². The number of ether oxygens (including phenoxy) is 1.